The molecule has 142 valence electrons. The van der Waals surface area contributed by atoms with E-state index in [1.165, 1.54) is 30.3 Å². The Kier molecular flexibility index (Phi) is 5.56. The Morgan fingerprint density at radius 1 is 1.29 bits per heavy atom. The molecule has 0 bridgehead atoms. The Morgan fingerprint density at radius 3 is 2.57 bits per heavy atom. The summed E-state index contributed by atoms with van der Waals surface area (Å²) in [4.78, 5) is 23.1. The molecule has 2 aromatic rings. The van der Waals surface area contributed by atoms with Crippen molar-refractivity contribution in [2.45, 2.75) is 0 Å². The predicted molar refractivity (Wildman–Crippen MR) is 100 cm³/mol. The number of nitrogens with one attached hydrogen (secondary N) is 1. The van der Waals surface area contributed by atoms with Gasteiger partial charge in [0.1, 0.15) is 36.4 Å². The van der Waals surface area contributed by atoms with Crippen molar-refractivity contribution in [2.24, 2.45) is 0 Å². The third-order valence-electron chi connectivity index (χ3n) is 3.73. The van der Waals surface area contributed by atoms with Crippen LogP contribution in [0.15, 0.2) is 40.4 Å². The standard InChI is InChI=1S/C18H11BrFN3O5/c19-12-6-10(1-2-13(12)20)5-11(9-21)18(24)22-14-7-16-17(28-4-3-27-16)8-15(14)23(25)26/h1-2,5-8H,3-4H2,(H,22,24)/b11-5+. The van der Waals surface area contributed by atoms with E-state index in [0.717, 1.165) is 6.07 Å². The molecule has 2 aromatic carbocycles. The Labute approximate surface area is 166 Å². The summed E-state index contributed by atoms with van der Waals surface area (Å²) in [7, 11) is 0. The lowest BCUT2D eigenvalue weighted by molar-refractivity contribution is -0.384. The highest BCUT2D eigenvalue weighted by Gasteiger charge is 2.24. The highest BCUT2D eigenvalue weighted by Crippen LogP contribution is 2.39. The van der Waals surface area contributed by atoms with Gasteiger partial charge in [0.25, 0.3) is 11.6 Å². The van der Waals surface area contributed by atoms with E-state index in [1.807, 2.05) is 0 Å². The minimum absolute atomic E-state index is 0.138. The first-order chi connectivity index (χ1) is 13.4. The van der Waals surface area contributed by atoms with E-state index in [-0.39, 0.29) is 40.4 Å². The molecule has 0 atom stereocenters. The van der Waals surface area contributed by atoms with Crippen LogP contribution in [-0.4, -0.2) is 24.0 Å². The van der Waals surface area contributed by atoms with Crippen molar-refractivity contribution < 1.29 is 23.6 Å². The van der Waals surface area contributed by atoms with Crippen molar-refractivity contribution in [3.63, 3.8) is 0 Å². The van der Waals surface area contributed by atoms with E-state index in [2.05, 4.69) is 21.2 Å². The van der Waals surface area contributed by atoms with Gasteiger partial charge in [-0.25, -0.2) is 4.39 Å². The van der Waals surface area contributed by atoms with Crippen molar-refractivity contribution in [3.8, 4) is 17.6 Å². The number of nitrogens with zero attached hydrogens (tertiary/aromatic N) is 2. The highest BCUT2D eigenvalue weighted by atomic mass is 79.9. The zero-order valence-electron chi connectivity index (χ0n) is 14.1. The lowest BCUT2D eigenvalue weighted by atomic mass is 10.1. The highest BCUT2D eigenvalue weighted by molar-refractivity contribution is 9.10. The van der Waals surface area contributed by atoms with Crippen molar-refractivity contribution in [1.82, 2.24) is 0 Å². The summed E-state index contributed by atoms with van der Waals surface area (Å²) in [6.45, 7) is 0.519. The van der Waals surface area contributed by atoms with Crippen LogP contribution in [0.2, 0.25) is 0 Å². The molecule has 0 unspecified atom stereocenters. The first-order valence-electron chi connectivity index (χ1n) is 7.85. The Balaban J connectivity index is 1.92. The van der Waals surface area contributed by atoms with E-state index in [0.29, 0.717) is 5.56 Å². The van der Waals surface area contributed by atoms with Crippen LogP contribution in [-0.2, 0) is 4.79 Å². The van der Waals surface area contributed by atoms with Gasteiger partial charge in [0.15, 0.2) is 11.5 Å². The van der Waals surface area contributed by atoms with E-state index < -0.39 is 22.3 Å². The number of anilines is 1. The monoisotopic (exact) mass is 447 g/mol. The van der Waals surface area contributed by atoms with Crippen LogP contribution in [0.5, 0.6) is 11.5 Å². The van der Waals surface area contributed by atoms with Crippen LogP contribution in [0.25, 0.3) is 6.08 Å². The van der Waals surface area contributed by atoms with Crippen LogP contribution in [0.4, 0.5) is 15.8 Å². The molecule has 0 saturated carbocycles. The average Bonchev–Trinajstić information content (AvgIpc) is 2.68. The van der Waals surface area contributed by atoms with Crippen LogP contribution >= 0.6 is 15.9 Å². The van der Waals surface area contributed by atoms with Gasteiger partial charge >= 0.3 is 0 Å². The molecule has 0 aromatic heterocycles. The number of benzene rings is 2. The molecule has 10 heteroatoms. The quantitative estimate of drug-likeness (QED) is 0.329. The summed E-state index contributed by atoms with van der Waals surface area (Å²) in [6.07, 6.45) is 1.24. The van der Waals surface area contributed by atoms with Gasteiger partial charge < -0.3 is 14.8 Å². The number of nitro benzene ring substituents is 1. The number of hydrogen-bond acceptors (Lipinski definition) is 6. The number of carbonyl (C=O) groups excluding carboxylic acids is 1. The first-order valence-corrected chi connectivity index (χ1v) is 8.64. The van der Waals surface area contributed by atoms with Crippen LogP contribution in [0.1, 0.15) is 5.56 Å². The topological polar surface area (TPSA) is 114 Å². The lowest BCUT2D eigenvalue weighted by Crippen LogP contribution is -2.18. The maximum atomic E-state index is 13.3. The van der Waals surface area contributed by atoms with Crippen molar-refractivity contribution in [2.75, 3.05) is 18.5 Å². The number of amides is 1. The fourth-order valence-electron chi connectivity index (χ4n) is 2.44. The molecule has 8 nitrogen and oxygen atoms in total. The Bertz CT molecular complexity index is 1050. The fraction of sp³-hybridized carbons (Fsp3) is 0.111. The summed E-state index contributed by atoms with van der Waals surface area (Å²) in [5, 5.41) is 23.0. The van der Waals surface area contributed by atoms with Gasteiger partial charge in [-0.2, -0.15) is 5.26 Å². The van der Waals surface area contributed by atoms with E-state index in [4.69, 9.17) is 9.47 Å². The molecule has 28 heavy (non-hydrogen) atoms. The van der Waals surface area contributed by atoms with Crippen LogP contribution in [0, 0.1) is 27.3 Å². The summed E-state index contributed by atoms with van der Waals surface area (Å²) < 4.78 is 24.2. The van der Waals surface area contributed by atoms with E-state index in [9.17, 15) is 24.6 Å². The largest absolute Gasteiger partial charge is 0.486 e. The molecule has 0 saturated heterocycles. The third-order valence-corrected chi connectivity index (χ3v) is 4.33. The number of nitro groups is 1. The van der Waals surface area contributed by atoms with Crippen LogP contribution in [0.3, 0.4) is 0 Å². The number of ether oxygens (including phenoxy) is 2. The fourth-order valence-corrected chi connectivity index (χ4v) is 2.83. The third kappa shape index (κ3) is 4.10. The smallest absolute Gasteiger partial charge is 0.296 e. The first kappa shape index (κ1) is 19.3. The minimum Gasteiger partial charge on any atom is -0.486 e. The SMILES string of the molecule is N#C/C(=C\c1ccc(F)c(Br)c1)C(=O)Nc1cc2c(cc1[N+](=O)[O-])OCCO2. The number of hydrogen-bond donors (Lipinski definition) is 1. The maximum absolute atomic E-state index is 13.3. The summed E-state index contributed by atoms with van der Waals surface area (Å²) in [5.41, 5.74) is -0.459. The molecule has 1 aliphatic rings. The van der Waals surface area contributed by atoms with Crippen molar-refractivity contribution in [1.29, 1.82) is 5.26 Å². The molecule has 0 fully saturated rings. The molecule has 1 amide bonds. The zero-order chi connectivity index (χ0) is 20.3. The number of carbonyl (C=O) groups is 1. The van der Waals surface area contributed by atoms with Gasteiger partial charge in [-0.05, 0) is 39.7 Å². The minimum atomic E-state index is -0.859. The second kappa shape index (κ2) is 8.06. The molecule has 1 aliphatic heterocycles. The second-order valence-corrected chi connectivity index (χ2v) is 6.42. The summed E-state index contributed by atoms with van der Waals surface area (Å²) in [6, 6.07) is 8.11. The normalized spacial score (nSPS) is 12.8. The van der Waals surface area contributed by atoms with Crippen molar-refractivity contribution in [3.05, 3.63) is 61.9 Å². The van der Waals surface area contributed by atoms with Gasteiger partial charge in [0.2, 0.25) is 0 Å². The van der Waals surface area contributed by atoms with Gasteiger partial charge in [-0.1, -0.05) is 6.07 Å². The molecule has 1 N–H and O–H groups in total. The van der Waals surface area contributed by atoms with Gasteiger partial charge in [-0.15, -0.1) is 0 Å². The molecule has 3 rings (SSSR count). The Hall–Kier alpha value is -3.45. The zero-order valence-corrected chi connectivity index (χ0v) is 15.7. The lowest BCUT2D eigenvalue weighted by Gasteiger charge is -2.19. The van der Waals surface area contributed by atoms with Gasteiger partial charge in [0.05, 0.1) is 15.5 Å². The average molecular weight is 448 g/mol. The van der Waals surface area contributed by atoms with Gasteiger partial charge in [-0.3, -0.25) is 14.9 Å². The predicted octanol–water partition coefficient (Wildman–Crippen LogP) is 3.81. The molecule has 0 spiro atoms. The molecule has 1 heterocycles. The Morgan fingerprint density at radius 2 is 1.96 bits per heavy atom. The molecular weight excluding hydrogens is 437 g/mol. The van der Waals surface area contributed by atoms with E-state index >= 15 is 0 Å². The molecular formula is C18H11BrFN3O5. The number of nitriles is 1. The van der Waals surface area contributed by atoms with Gasteiger partial charge in [0, 0.05) is 6.07 Å². The number of halogens is 2. The number of rotatable bonds is 4. The summed E-state index contributed by atoms with van der Waals surface area (Å²) in [5.74, 6) is -0.907. The second-order valence-electron chi connectivity index (χ2n) is 5.57. The molecule has 0 radical (unpaired) electrons. The maximum Gasteiger partial charge on any atom is 0.296 e. The summed E-state index contributed by atoms with van der Waals surface area (Å²) >= 11 is 3.02. The van der Waals surface area contributed by atoms with E-state index in [1.54, 1.807) is 6.07 Å². The van der Waals surface area contributed by atoms with Crippen molar-refractivity contribution >= 4 is 39.3 Å². The van der Waals surface area contributed by atoms with Crippen LogP contribution < -0.4 is 14.8 Å². The number of fused-ring (bicyclic) bond motifs is 1. The molecule has 0 aliphatic carbocycles.